The van der Waals surface area contributed by atoms with Crippen LogP contribution in [0.25, 0.3) is 134 Å². The van der Waals surface area contributed by atoms with E-state index in [1.165, 1.54) is 0 Å². The Balaban J connectivity index is 0.990. The molecule has 0 aliphatic heterocycles. The van der Waals surface area contributed by atoms with Crippen LogP contribution >= 0.6 is 0 Å². The third-order valence-corrected chi connectivity index (χ3v) is 14.3. The van der Waals surface area contributed by atoms with Crippen LogP contribution in [-0.2, 0) is 0 Å². The van der Waals surface area contributed by atoms with Gasteiger partial charge in [0, 0.05) is 60.5 Å². The summed E-state index contributed by atoms with van der Waals surface area (Å²) in [4.78, 5) is 30.2. The minimum Gasteiger partial charge on any atom is -0.308 e. The zero-order valence-corrected chi connectivity index (χ0v) is 41.6. The van der Waals surface area contributed by atoms with Gasteiger partial charge in [0.05, 0.1) is 45.1 Å². The molecule has 10 aromatic carbocycles. The summed E-state index contributed by atoms with van der Waals surface area (Å²) in [6.07, 6.45) is 0. The molecule has 4 aromatic heterocycles. The van der Waals surface area contributed by atoms with Gasteiger partial charge in [-0.25, -0.2) is 29.9 Å². The van der Waals surface area contributed by atoms with Crippen molar-refractivity contribution in [1.29, 1.82) is 10.5 Å². The van der Waals surface area contributed by atoms with Crippen molar-refractivity contribution in [2.75, 3.05) is 0 Å². The summed E-state index contributed by atoms with van der Waals surface area (Å²) in [5.41, 5.74) is 12.7. The number of fused-ring (bicyclic) bond motifs is 6. The normalized spacial score (nSPS) is 11.3. The first-order chi connectivity index (χ1) is 38.6. The fraction of sp³-hybridized carbons (Fsp3) is 0. The Morgan fingerprint density at radius 1 is 0.282 bits per heavy atom. The summed E-state index contributed by atoms with van der Waals surface area (Å²) in [6.45, 7) is 0. The van der Waals surface area contributed by atoms with Crippen LogP contribution in [-0.4, -0.2) is 39.0 Å². The fourth-order valence-electron chi connectivity index (χ4n) is 10.7. The van der Waals surface area contributed by atoms with Crippen LogP contribution in [0.15, 0.2) is 243 Å². The number of aromatic nitrogens is 8. The van der Waals surface area contributed by atoms with Crippen molar-refractivity contribution in [2.45, 2.75) is 0 Å². The lowest BCUT2D eigenvalue weighted by atomic mass is 9.97. The van der Waals surface area contributed by atoms with Crippen molar-refractivity contribution in [3.8, 4) is 103 Å². The van der Waals surface area contributed by atoms with Gasteiger partial charge in [0.1, 0.15) is 11.6 Å². The number of para-hydroxylation sites is 2. The van der Waals surface area contributed by atoms with Crippen LogP contribution in [0.3, 0.4) is 0 Å². The predicted molar refractivity (Wildman–Crippen MR) is 309 cm³/mol. The Labute approximate surface area is 447 Å². The zero-order valence-electron chi connectivity index (χ0n) is 41.6. The molecule has 0 aliphatic rings. The number of hydrogen-bond donors (Lipinski definition) is 0. The smallest absolute Gasteiger partial charge is 0.164 e. The van der Waals surface area contributed by atoms with Gasteiger partial charge in [-0.05, 0) is 72.3 Å². The Morgan fingerprint density at radius 3 is 1.12 bits per heavy atom. The predicted octanol–water partition coefficient (Wildman–Crippen LogP) is 15.7. The monoisotopic (exact) mass is 996 g/mol. The van der Waals surface area contributed by atoms with E-state index in [0.29, 0.717) is 57.4 Å². The Bertz CT molecular complexity index is 4630. The van der Waals surface area contributed by atoms with Crippen LogP contribution in [0.5, 0.6) is 0 Å². The van der Waals surface area contributed by atoms with Gasteiger partial charge in [0.2, 0.25) is 0 Å². The van der Waals surface area contributed by atoms with Crippen molar-refractivity contribution in [3.63, 3.8) is 0 Å². The van der Waals surface area contributed by atoms with Crippen molar-refractivity contribution >= 4 is 43.6 Å². The molecule has 362 valence electrons. The number of rotatable bonds is 9. The van der Waals surface area contributed by atoms with Crippen molar-refractivity contribution in [2.24, 2.45) is 0 Å². The number of benzene rings is 10. The molecule has 0 N–H and O–H groups in total. The molecule has 0 fully saturated rings. The molecule has 14 aromatic rings. The first-order valence-corrected chi connectivity index (χ1v) is 25.5. The lowest BCUT2D eigenvalue weighted by Crippen LogP contribution is -2.06. The van der Waals surface area contributed by atoms with E-state index < -0.39 is 0 Å². The summed E-state index contributed by atoms with van der Waals surface area (Å²) >= 11 is 0. The summed E-state index contributed by atoms with van der Waals surface area (Å²) in [6, 6.07) is 85.7. The van der Waals surface area contributed by atoms with Crippen LogP contribution in [0, 0.1) is 22.7 Å². The third kappa shape index (κ3) is 7.81. The molecule has 0 spiro atoms. The van der Waals surface area contributed by atoms with Gasteiger partial charge in [0.15, 0.2) is 34.9 Å². The molecule has 10 nitrogen and oxygen atoms in total. The van der Waals surface area contributed by atoms with Crippen molar-refractivity contribution < 1.29 is 0 Å². The minimum atomic E-state index is 0.447. The van der Waals surface area contributed by atoms with Crippen LogP contribution < -0.4 is 0 Å². The molecule has 0 unspecified atom stereocenters. The molecule has 14 rings (SSSR count). The summed E-state index contributed by atoms with van der Waals surface area (Å²) in [5, 5.41) is 25.9. The first-order valence-electron chi connectivity index (χ1n) is 25.5. The quantitative estimate of drug-likeness (QED) is 0.139. The molecule has 0 saturated heterocycles. The molecule has 4 heterocycles. The molecule has 0 radical (unpaired) electrons. The zero-order chi connectivity index (χ0) is 52.1. The molecule has 0 bridgehead atoms. The molecule has 78 heavy (non-hydrogen) atoms. The average molecular weight is 997 g/mol. The van der Waals surface area contributed by atoms with E-state index in [1.807, 2.05) is 182 Å². The molecule has 0 amide bonds. The lowest BCUT2D eigenvalue weighted by Gasteiger charge is -2.20. The van der Waals surface area contributed by atoms with Crippen molar-refractivity contribution in [3.05, 3.63) is 254 Å². The second kappa shape index (κ2) is 18.9. The number of nitriles is 2. The van der Waals surface area contributed by atoms with Gasteiger partial charge in [-0.2, -0.15) is 10.5 Å². The van der Waals surface area contributed by atoms with E-state index >= 15 is 0 Å². The molecule has 10 heteroatoms. The van der Waals surface area contributed by atoms with Gasteiger partial charge < -0.3 is 9.13 Å². The van der Waals surface area contributed by atoms with E-state index in [4.69, 9.17) is 29.9 Å². The lowest BCUT2D eigenvalue weighted by molar-refractivity contribution is 1.07. The fourth-order valence-corrected chi connectivity index (χ4v) is 10.7. The highest BCUT2D eigenvalue weighted by Crippen LogP contribution is 2.43. The van der Waals surface area contributed by atoms with E-state index in [0.717, 1.165) is 88.1 Å². The first kappa shape index (κ1) is 45.4. The number of hydrogen-bond acceptors (Lipinski definition) is 8. The Morgan fingerprint density at radius 2 is 0.667 bits per heavy atom. The van der Waals surface area contributed by atoms with Crippen LogP contribution in [0.4, 0.5) is 0 Å². The second-order valence-corrected chi connectivity index (χ2v) is 18.9. The van der Waals surface area contributed by atoms with E-state index in [9.17, 15) is 10.5 Å². The summed E-state index contributed by atoms with van der Waals surface area (Å²) in [7, 11) is 0. The van der Waals surface area contributed by atoms with E-state index in [-0.39, 0.29) is 0 Å². The Kier molecular flexibility index (Phi) is 11.0. The molecular formula is C68H40N10. The molecular weight excluding hydrogens is 957 g/mol. The molecule has 0 aliphatic carbocycles. The maximum atomic E-state index is 11.8. The highest BCUT2D eigenvalue weighted by molar-refractivity contribution is 6.13. The maximum absolute atomic E-state index is 11.8. The average Bonchev–Trinajstić information content (AvgIpc) is 4.08. The van der Waals surface area contributed by atoms with E-state index in [1.54, 1.807) is 6.07 Å². The maximum Gasteiger partial charge on any atom is 0.164 e. The van der Waals surface area contributed by atoms with Gasteiger partial charge in [0.25, 0.3) is 0 Å². The second-order valence-electron chi connectivity index (χ2n) is 18.9. The highest BCUT2D eigenvalue weighted by atomic mass is 15.1. The largest absolute Gasteiger partial charge is 0.308 e. The third-order valence-electron chi connectivity index (χ3n) is 14.3. The van der Waals surface area contributed by atoms with Crippen molar-refractivity contribution in [1.82, 2.24) is 39.0 Å². The molecule has 0 saturated carbocycles. The van der Waals surface area contributed by atoms with Crippen LogP contribution in [0.1, 0.15) is 11.1 Å². The topological polar surface area (TPSA) is 135 Å². The Hall–Kier alpha value is -11.2. The standard InChI is InChI=1S/C68H40N10/c69-41-43-18-17-27-48(38-43)51-34-37-61(77-57-30-15-13-28-52(57)54-39-49(32-35-59(54)77)67-73-63(44-19-5-1-6-20-44)71-64(74-67)45-21-7-2-8-22-45)56(42-70)62(51)78-58-31-16-14-29-53(58)55-40-50(33-36-60(55)78)68-75-65(46-23-9-3-10-24-46)72-66(76-68)47-25-11-4-12-26-47/h1-40H. The molecule has 0 atom stereocenters. The van der Waals surface area contributed by atoms with Gasteiger partial charge in [-0.1, -0.05) is 176 Å². The van der Waals surface area contributed by atoms with E-state index in [2.05, 4.69) is 75.9 Å². The number of nitrogens with zero attached hydrogens (tertiary/aromatic N) is 10. The minimum absolute atomic E-state index is 0.447. The van der Waals surface area contributed by atoms with Gasteiger partial charge in [-0.15, -0.1) is 0 Å². The SMILES string of the molecule is N#Cc1cccc(-c2ccc(-n3c4ccccc4c4cc(-c5nc(-c6ccccc6)nc(-c6ccccc6)n5)ccc43)c(C#N)c2-n2c3ccccc3c3cc(-c4nc(-c5ccccc5)nc(-c5ccccc5)n4)ccc32)c1. The summed E-state index contributed by atoms with van der Waals surface area (Å²) in [5.74, 6) is 3.38. The van der Waals surface area contributed by atoms with Crippen LogP contribution in [0.2, 0.25) is 0 Å². The van der Waals surface area contributed by atoms with Gasteiger partial charge in [-0.3, -0.25) is 0 Å². The van der Waals surface area contributed by atoms with Gasteiger partial charge >= 0.3 is 0 Å². The highest BCUT2D eigenvalue weighted by Gasteiger charge is 2.26. The summed E-state index contributed by atoms with van der Waals surface area (Å²) < 4.78 is 4.38.